The molecule has 128 valence electrons. The van der Waals surface area contributed by atoms with Crippen LogP contribution in [0.25, 0.3) is 0 Å². The number of rotatable bonds is 7. The number of carbonyl (C=O) groups excluding carboxylic acids is 1. The Bertz CT molecular complexity index is 377. The zero-order chi connectivity index (χ0) is 17.4. The summed E-state index contributed by atoms with van der Waals surface area (Å²) in [6.45, 7) is -1.69. The van der Waals surface area contributed by atoms with Crippen LogP contribution >= 0.6 is 15.6 Å². The summed E-state index contributed by atoms with van der Waals surface area (Å²) in [6.07, 6.45) is -5.22. The molecule has 0 aliphatic carbocycles. The van der Waals surface area contributed by atoms with E-state index in [2.05, 4.69) is 4.31 Å². The standard InChI is InChI=1S/C6H12O6.H4O7P2/c7-1-3(9)5(11)6(12)4(10)2-8;1-8(2,3)7-9(4,5)6/h3,5-9,11-12H,1-2H2;(H2,1,2,3)(H2,4,5,6)/t3-,5+,6-;/m1./s1. The fourth-order valence-corrected chi connectivity index (χ4v) is 1.85. The van der Waals surface area contributed by atoms with Gasteiger partial charge in [0.15, 0.2) is 5.78 Å². The van der Waals surface area contributed by atoms with Crippen LogP contribution < -0.4 is 0 Å². The van der Waals surface area contributed by atoms with E-state index in [0.29, 0.717) is 0 Å². The molecule has 0 aliphatic rings. The van der Waals surface area contributed by atoms with Crippen molar-refractivity contribution in [1.82, 2.24) is 0 Å². The summed E-state index contributed by atoms with van der Waals surface area (Å²) in [5.74, 6) is -1.00. The van der Waals surface area contributed by atoms with Crippen LogP contribution in [0.4, 0.5) is 0 Å². The molecule has 21 heavy (non-hydrogen) atoms. The van der Waals surface area contributed by atoms with Crippen molar-refractivity contribution in [3.63, 3.8) is 0 Å². The quantitative estimate of drug-likeness (QED) is 0.196. The molecule has 0 fully saturated rings. The van der Waals surface area contributed by atoms with E-state index in [-0.39, 0.29) is 0 Å². The lowest BCUT2D eigenvalue weighted by Gasteiger charge is -2.19. The Labute approximate surface area is 117 Å². The number of phosphoric acid groups is 2. The van der Waals surface area contributed by atoms with Crippen molar-refractivity contribution >= 4 is 21.4 Å². The van der Waals surface area contributed by atoms with Crippen molar-refractivity contribution in [2.45, 2.75) is 18.3 Å². The molecule has 0 unspecified atom stereocenters. The molecule has 0 amide bonds. The number of hydrogen-bond acceptors (Lipinski definition) is 9. The van der Waals surface area contributed by atoms with Crippen molar-refractivity contribution < 1.29 is 63.3 Å². The van der Waals surface area contributed by atoms with Gasteiger partial charge >= 0.3 is 15.6 Å². The highest BCUT2D eigenvalue weighted by molar-refractivity contribution is 7.60. The molecule has 0 aromatic heterocycles. The minimum Gasteiger partial charge on any atom is -0.394 e. The van der Waals surface area contributed by atoms with Gasteiger partial charge in [0.05, 0.1) is 6.61 Å². The third-order valence-corrected chi connectivity index (χ3v) is 3.31. The van der Waals surface area contributed by atoms with E-state index in [9.17, 15) is 13.9 Å². The number of Topliss-reactive ketones (excluding diaryl/α,β-unsaturated/α-hetero) is 1. The molecule has 0 aliphatic heterocycles. The van der Waals surface area contributed by atoms with Gasteiger partial charge in [0.1, 0.15) is 24.9 Å². The molecular weight excluding hydrogens is 342 g/mol. The predicted molar refractivity (Wildman–Crippen MR) is 62.4 cm³/mol. The van der Waals surface area contributed by atoms with Crippen LogP contribution in [0.5, 0.6) is 0 Å². The maximum absolute atomic E-state index is 10.5. The molecule has 9 N–H and O–H groups in total. The molecule has 0 saturated heterocycles. The monoisotopic (exact) mass is 358 g/mol. The first-order valence-electron chi connectivity index (χ1n) is 4.86. The summed E-state index contributed by atoms with van der Waals surface area (Å²) in [5, 5.41) is 43.1. The van der Waals surface area contributed by atoms with Crippen LogP contribution in [0.1, 0.15) is 0 Å². The van der Waals surface area contributed by atoms with Gasteiger partial charge in [-0.25, -0.2) is 9.13 Å². The Balaban J connectivity index is 0. The second kappa shape index (κ2) is 9.69. The highest BCUT2D eigenvalue weighted by Crippen LogP contribution is 2.53. The number of aliphatic hydroxyl groups is 5. The van der Waals surface area contributed by atoms with Crippen LogP contribution in [0, 0.1) is 0 Å². The van der Waals surface area contributed by atoms with E-state index >= 15 is 0 Å². The molecule has 0 rings (SSSR count). The Kier molecular flexibility index (Phi) is 10.6. The average Bonchev–Trinajstić information content (AvgIpc) is 2.31. The molecule has 0 bridgehead atoms. The average molecular weight is 358 g/mol. The van der Waals surface area contributed by atoms with Crippen molar-refractivity contribution in [2.24, 2.45) is 0 Å². The van der Waals surface area contributed by atoms with Crippen LogP contribution in [0.15, 0.2) is 0 Å². The van der Waals surface area contributed by atoms with Crippen molar-refractivity contribution in [3.05, 3.63) is 0 Å². The molecule has 0 aromatic rings. The molecule has 13 nitrogen and oxygen atoms in total. The van der Waals surface area contributed by atoms with E-state index in [4.69, 9.17) is 45.1 Å². The van der Waals surface area contributed by atoms with E-state index in [0.717, 1.165) is 0 Å². The number of ketones is 1. The number of hydrogen-bond donors (Lipinski definition) is 9. The van der Waals surface area contributed by atoms with Gasteiger partial charge in [0, 0.05) is 0 Å². The van der Waals surface area contributed by atoms with E-state index in [1.165, 1.54) is 0 Å². The zero-order valence-corrected chi connectivity index (χ0v) is 12.0. The second-order valence-electron chi connectivity index (χ2n) is 3.37. The predicted octanol–water partition coefficient (Wildman–Crippen LogP) is -4.19. The molecule has 0 radical (unpaired) electrons. The Morgan fingerprint density at radius 3 is 1.52 bits per heavy atom. The lowest BCUT2D eigenvalue weighted by atomic mass is 10.1. The first kappa shape index (κ1) is 23.0. The summed E-state index contributed by atoms with van der Waals surface area (Å²) in [7, 11) is -10.1. The normalized spacial score (nSPS) is 16.4. The Hall–Kier alpha value is -0.270. The van der Waals surface area contributed by atoms with Gasteiger partial charge < -0.3 is 45.1 Å². The Morgan fingerprint density at radius 1 is 0.952 bits per heavy atom. The van der Waals surface area contributed by atoms with Crippen LogP contribution in [-0.2, 0) is 18.2 Å². The third kappa shape index (κ3) is 13.1. The van der Waals surface area contributed by atoms with Gasteiger partial charge in [-0.05, 0) is 0 Å². The van der Waals surface area contributed by atoms with Gasteiger partial charge in [-0.1, -0.05) is 0 Å². The fourth-order valence-electron chi connectivity index (χ4n) is 0.741. The summed E-state index contributed by atoms with van der Waals surface area (Å²) >= 11 is 0. The van der Waals surface area contributed by atoms with Gasteiger partial charge in [0.2, 0.25) is 0 Å². The maximum atomic E-state index is 10.5. The van der Waals surface area contributed by atoms with Crippen LogP contribution in [0.3, 0.4) is 0 Å². The minimum atomic E-state index is -5.05. The smallest absolute Gasteiger partial charge is 0.394 e. The van der Waals surface area contributed by atoms with Gasteiger partial charge in [-0.15, -0.1) is 0 Å². The van der Waals surface area contributed by atoms with E-state index in [1.807, 2.05) is 0 Å². The van der Waals surface area contributed by atoms with Crippen molar-refractivity contribution in [2.75, 3.05) is 13.2 Å². The molecular formula is C6H16O13P2. The maximum Gasteiger partial charge on any atom is 0.478 e. The summed E-state index contributed by atoms with van der Waals surface area (Å²) in [4.78, 5) is 41.5. The lowest BCUT2D eigenvalue weighted by Crippen LogP contribution is -2.44. The minimum absolute atomic E-state index is 0.767. The highest BCUT2D eigenvalue weighted by atomic mass is 31.3. The largest absolute Gasteiger partial charge is 0.478 e. The van der Waals surface area contributed by atoms with Crippen molar-refractivity contribution in [1.29, 1.82) is 0 Å². The van der Waals surface area contributed by atoms with Gasteiger partial charge in [-0.3, -0.25) is 4.79 Å². The third-order valence-electron chi connectivity index (χ3n) is 1.60. The van der Waals surface area contributed by atoms with Crippen LogP contribution in [0.2, 0.25) is 0 Å². The summed E-state index contributed by atoms with van der Waals surface area (Å²) in [6, 6.07) is 0. The summed E-state index contributed by atoms with van der Waals surface area (Å²) < 4.78 is 22.2. The van der Waals surface area contributed by atoms with Crippen LogP contribution in [-0.4, -0.2) is 82.4 Å². The first-order valence-corrected chi connectivity index (χ1v) is 7.92. The molecule has 0 spiro atoms. The highest BCUT2D eigenvalue weighted by Gasteiger charge is 2.29. The SMILES string of the molecule is O=C(CO)[C@@H](O)[C@@H](O)[C@H](O)CO.O=P(O)(O)OP(=O)(O)O. The first-order chi connectivity index (χ1) is 9.25. The number of aliphatic hydroxyl groups excluding tert-OH is 5. The zero-order valence-electron chi connectivity index (χ0n) is 10.2. The molecule has 0 saturated carbocycles. The lowest BCUT2D eigenvalue weighted by molar-refractivity contribution is -0.142. The van der Waals surface area contributed by atoms with E-state index < -0.39 is 53.0 Å². The molecule has 0 aromatic carbocycles. The molecule has 3 atom stereocenters. The molecule has 0 heterocycles. The second-order valence-corrected chi connectivity index (χ2v) is 5.99. The van der Waals surface area contributed by atoms with E-state index in [1.54, 1.807) is 0 Å². The van der Waals surface area contributed by atoms with Gasteiger partial charge in [0.25, 0.3) is 0 Å². The van der Waals surface area contributed by atoms with Gasteiger partial charge in [-0.2, -0.15) is 4.31 Å². The van der Waals surface area contributed by atoms with Crippen molar-refractivity contribution in [3.8, 4) is 0 Å². The Morgan fingerprint density at radius 2 is 1.33 bits per heavy atom. The fraction of sp³-hybridized carbons (Fsp3) is 0.833. The topological polar surface area (TPSA) is 243 Å². The summed E-state index contributed by atoms with van der Waals surface area (Å²) in [5.41, 5.74) is 0. The molecule has 15 heteroatoms. The number of carbonyl (C=O) groups is 1.